The maximum Gasteiger partial charge on any atom is 0.0963 e. The van der Waals surface area contributed by atoms with Gasteiger partial charge in [-0.25, -0.2) is 0 Å². The zero-order valence-corrected chi connectivity index (χ0v) is 7.78. The van der Waals surface area contributed by atoms with Gasteiger partial charge in [0.1, 0.15) is 0 Å². The van der Waals surface area contributed by atoms with Crippen LogP contribution in [0.1, 0.15) is 12.5 Å². The Morgan fingerprint density at radius 1 is 1.31 bits per heavy atom. The predicted octanol–water partition coefficient (Wildman–Crippen LogP) is 1.96. The highest BCUT2D eigenvalue weighted by Gasteiger charge is 2.08. The van der Waals surface area contributed by atoms with Gasteiger partial charge in [-0.1, -0.05) is 11.6 Å². The van der Waals surface area contributed by atoms with Crippen LogP contribution >= 0.6 is 11.6 Å². The van der Waals surface area contributed by atoms with Crippen molar-refractivity contribution in [2.75, 3.05) is 0 Å². The molecule has 0 N–H and O–H groups in total. The van der Waals surface area contributed by atoms with E-state index in [-0.39, 0.29) is 0 Å². The number of nitrogens with zero attached hydrogens (tertiary/aromatic N) is 3. The Bertz CT molecular complexity index is 396. The average Bonchev–Trinajstić information content (AvgIpc) is 2.52. The molecular weight excluding hydrogens is 186 g/mol. The molecule has 1 aliphatic rings. The molecule has 65 valence electrons. The SMILES string of the molecule is CC1=CC(c2cncc(Cl)c2)=N[N]1. The summed E-state index contributed by atoms with van der Waals surface area (Å²) in [5, 5.41) is 4.59. The van der Waals surface area contributed by atoms with Crippen molar-refractivity contribution in [2.45, 2.75) is 6.92 Å². The molecule has 0 saturated carbocycles. The first-order valence-electron chi connectivity index (χ1n) is 3.83. The summed E-state index contributed by atoms with van der Waals surface area (Å²) in [4.78, 5) is 3.97. The summed E-state index contributed by atoms with van der Waals surface area (Å²) in [6.07, 6.45) is 5.21. The normalized spacial score (nSPS) is 14.9. The van der Waals surface area contributed by atoms with Crippen molar-refractivity contribution >= 4 is 17.3 Å². The first-order chi connectivity index (χ1) is 6.25. The number of hydrogen-bond acceptors (Lipinski definition) is 2. The third-order valence-electron chi connectivity index (χ3n) is 1.66. The van der Waals surface area contributed by atoms with Gasteiger partial charge in [-0.05, 0) is 19.1 Å². The molecule has 0 saturated heterocycles. The second-order valence-corrected chi connectivity index (χ2v) is 3.20. The van der Waals surface area contributed by atoms with Gasteiger partial charge in [0.05, 0.1) is 16.4 Å². The summed E-state index contributed by atoms with van der Waals surface area (Å²) in [5.41, 5.74) is 6.51. The molecule has 3 nitrogen and oxygen atoms in total. The van der Waals surface area contributed by atoms with E-state index in [1.165, 1.54) is 0 Å². The van der Waals surface area contributed by atoms with Crippen molar-refractivity contribution < 1.29 is 0 Å². The van der Waals surface area contributed by atoms with Crippen LogP contribution in [-0.4, -0.2) is 10.7 Å². The first kappa shape index (κ1) is 8.26. The number of pyridine rings is 1. The highest BCUT2D eigenvalue weighted by Crippen LogP contribution is 2.13. The van der Waals surface area contributed by atoms with E-state index in [1.54, 1.807) is 12.4 Å². The number of rotatable bonds is 1. The van der Waals surface area contributed by atoms with Crippen molar-refractivity contribution in [1.29, 1.82) is 0 Å². The summed E-state index contributed by atoms with van der Waals surface area (Å²) in [5.74, 6) is 0. The molecule has 0 amide bonds. The van der Waals surface area contributed by atoms with Gasteiger partial charge < -0.3 is 0 Å². The zero-order chi connectivity index (χ0) is 9.26. The minimum Gasteiger partial charge on any atom is -0.262 e. The lowest BCUT2D eigenvalue weighted by Gasteiger charge is -1.95. The minimum absolute atomic E-state index is 0.609. The molecule has 1 aromatic heterocycles. The van der Waals surface area contributed by atoms with Crippen LogP contribution in [0, 0.1) is 0 Å². The number of halogens is 1. The lowest BCUT2D eigenvalue weighted by Crippen LogP contribution is -1.94. The fourth-order valence-electron chi connectivity index (χ4n) is 1.08. The van der Waals surface area contributed by atoms with Gasteiger partial charge in [-0.15, -0.1) is 0 Å². The summed E-state index contributed by atoms with van der Waals surface area (Å²) in [6.45, 7) is 1.90. The van der Waals surface area contributed by atoms with Gasteiger partial charge in [0, 0.05) is 18.0 Å². The number of hydrogen-bond donors (Lipinski definition) is 0. The second kappa shape index (κ2) is 3.18. The van der Waals surface area contributed by atoms with Crippen LogP contribution < -0.4 is 5.43 Å². The Labute approximate surface area is 81.1 Å². The lowest BCUT2D eigenvalue weighted by atomic mass is 10.2. The third-order valence-corrected chi connectivity index (χ3v) is 1.87. The predicted molar refractivity (Wildman–Crippen MR) is 51.7 cm³/mol. The summed E-state index contributed by atoms with van der Waals surface area (Å²) >= 11 is 5.79. The van der Waals surface area contributed by atoms with Crippen LogP contribution in [-0.2, 0) is 0 Å². The molecule has 0 atom stereocenters. The monoisotopic (exact) mass is 192 g/mol. The standard InChI is InChI=1S/C9H7ClN3/c1-6-2-9(13-12-6)7-3-8(10)5-11-4-7/h2-5H,1H3. The minimum atomic E-state index is 0.609. The number of allylic oxidation sites excluding steroid dienone is 2. The van der Waals surface area contributed by atoms with Gasteiger partial charge in [0.15, 0.2) is 0 Å². The molecule has 1 aliphatic heterocycles. The second-order valence-electron chi connectivity index (χ2n) is 2.76. The maximum absolute atomic E-state index is 5.79. The third kappa shape index (κ3) is 1.70. The molecular formula is C9H7ClN3. The Morgan fingerprint density at radius 3 is 2.77 bits per heavy atom. The van der Waals surface area contributed by atoms with Gasteiger partial charge in [-0.3, -0.25) is 4.98 Å². The topological polar surface area (TPSA) is 39.4 Å². The van der Waals surface area contributed by atoms with E-state index in [0.29, 0.717) is 5.02 Å². The van der Waals surface area contributed by atoms with E-state index < -0.39 is 0 Å². The van der Waals surface area contributed by atoms with E-state index in [9.17, 15) is 0 Å². The molecule has 0 aromatic carbocycles. The highest BCUT2D eigenvalue weighted by atomic mass is 35.5. The molecule has 2 heterocycles. The van der Waals surface area contributed by atoms with Crippen LogP contribution in [0.15, 0.2) is 35.3 Å². The summed E-state index contributed by atoms with van der Waals surface area (Å²) < 4.78 is 0. The smallest absolute Gasteiger partial charge is 0.0963 e. The quantitative estimate of drug-likeness (QED) is 0.671. The van der Waals surface area contributed by atoms with Gasteiger partial charge in [0.2, 0.25) is 0 Å². The lowest BCUT2D eigenvalue weighted by molar-refractivity contribution is 0.895. The van der Waals surface area contributed by atoms with Crippen molar-refractivity contribution in [2.24, 2.45) is 5.10 Å². The maximum atomic E-state index is 5.79. The van der Waals surface area contributed by atoms with E-state index in [0.717, 1.165) is 17.0 Å². The first-order valence-corrected chi connectivity index (χ1v) is 4.21. The van der Waals surface area contributed by atoms with Gasteiger partial charge in [0.25, 0.3) is 0 Å². The molecule has 4 heteroatoms. The van der Waals surface area contributed by atoms with Crippen LogP contribution in [0.2, 0.25) is 5.02 Å². The van der Waals surface area contributed by atoms with Crippen LogP contribution in [0.3, 0.4) is 0 Å². The average molecular weight is 193 g/mol. The van der Waals surface area contributed by atoms with E-state index in [1.807, 2.05) is 19.1 Å². The molecule has 0 unspecified atom stereocenters. The Hall–Kier alpha value is -1.35. The molecule has 0 bridgehead atoms. The van der Waals surface area contributed by atoms with Crippen LogP contribution in [0.5, 0.6) is 0 Å². The fraction of sp³-hybridized carbons (Fsp3) is 0.111. The van der Waals surface area contributed by atoms with Crippen LogP contribution in [0.4, 0.5) is 0 Å². The number of aromatic nitrogens is 1. The Morgan fingerprint density at radius 2 is 2.15 bits per heavy atom. The van der Waals surface area contributed by atoms with E-state index in [2.05, 4.69) is 15.5 Å². The molecule has 0 fully saturated rings. The summed E-state index contributed by atoms with van der Waals surface area (Å²) in [6, 6.07) is 1.82. The fourth-order valence-corrected chi connectivity index (χ4v) is 1.26. The molecule has 0 aliphatic carbocycles. The molecule has 1 radical (unpaired) electrons. The van der Waals surface area contributed by atoms with Crippen molar-refractivity contribution in [1.82, 2.24) is 10.4 Å². The van der Waals surface area contributed by atoms with Gasteiger partial charge in [-0.2, -0.15) is 10.5 Å². The molecule has 0 spiro atoms. The Kier molecular flexibility index (Phi) is 2.02. The molecule has 2 rings (SSSR count). The van der Waals surface area contributed by atoms with Crippen molar-refractivity contribution in [3.63, 3.8) is 0 Å². The van der Waals surface area contributed by atoms with E-state index >= 15 is 0 Å². The highest BCUT2D eigenvalue weighted by molar-refractivity contribution is 6.31. The summed E-state index contributed by atoms with van der Waals surface area (Å²) in [7, 11) is 0. The Balaban J connectivity index is 2.37. The van der Waals surface area contributed by atoms with E-state index in [4.69, 9.17) is 11.6 Å². The van der Waals surface area contributed by atoms with Crippen molar-refractivity contribution in [3.8, 4) is 0 Å². The zero-order valence-electron chi connectivity index (χ0n) is 7.03. The largest absolute Gasteiger partial charge is 0.262 e. The van der Waals surface area contributed by atoms with Crippen LogP contribution in [0.25, 0.3) is 0 Å². The molecule has 13 heavy (non-hydrogen) atoms. The van der Waals surface area contributed by atoms with Gasteiger partial charge >= 0.3 is 0 Å². The van der Waals surface area contributed by atoms with Crippen molar-refractivity contribution in [3.05, 3.63) is 40.8 Å². The molecule has 1 aromatic rings.